The summed E-state index contributed by atoms with van der Waals surface area (Å²) in [7, 11) is 0. The van der Waals surface area contributed by atoms with Gasteiger partial charge in [0.2, 0.25) is 0 Å². The summed E-state index contributed by atoms with van der Waals surface area (Å²) in [6, 6.07) is 7.86. The van der Waals surface area contributed by atoms with Crippen LogP contribution in [0.1, 0.15) is 18.4 Å². The minimum atomic E-state index is 0.228. The number of rotatable bonds is 3. The smallest absolute Gasteiger partial charge is 0.130 e. The molecule has 25 heavy (non-hydrogen) atoms. The molecule has 5 heteroatoms. The van der Waals surface area contributed by atoms with Gasteiger partial charge in [-0.15, -0.1) is 0 Å². The molecule has 1 N–H and O–H groups in total. The number of hydrogen-bond acceptors (Lipinski definition) is 4. The molecule has 2 aromatic heterocycles. The molecule has 1 saturated heterocycles. The number of benzene rings is 1. The summed E-state index contributed by atoms with van der Waals surface area (Å²) in [5.41, 5.74) is 4.02. The molecule has 0 atom stereocenters. The van der Waals surface area contributed by atoms with E-state index in [-0.39, 0.29) is 6.10 Å². The highest BCUT2D eigenvalue weighted by molar-refractivity contribution is 6.31. The topological polar surface area (TPSA) is 47.0 Å². The number of aryl methyl sites for hydroxylation is 1. The quantitative estimate of drug-likeness (QED) is 0.758. The van der Waals surface area contributed by atoms with Gasteiger partial charge in [-0.05, 0) is 68.2 Å². The Balaban J connectivity index is 1.85. The van der Waals surface area contributed by atoms with Crippen molar-refractivity contribution >= 4 is 22.5 Å². The lowest BCUT2D eigenvalue weighted by molar-refractivity contribution is 0.162. The molecule has 0 spiro atoms. The number of fused-ring (bicyclic) bond motifs is 1. The van der Waals surface area contributed by atoms with E-state index in [9.17, 15) is 0 Å². The van der Waals surface area contributed by atoms with E-state index in [1.807, 2.05) is 43.6 Å². The van der Waals surface area contributed by atoms with Gasteiger partial charge in [0.1, 0.15) is 11.9 Å². The number of hydrogen-bond donors (Lipinski definition) is 1. The zero-order valence-electron chi connectivity index (χ0n) is 14.1. The molecule has 1 aliphatic heterocycles. The van der Waals surface area contributed by atoms with Gasteiger partial charge in [0.25, 0.3) is 0 Å². The third kappa shape index (κ3) is 3.32. The third-order valence-electron chi connectivity index (χ3n) is 4.64. The van der Waals surface area contributed by atoms with Crippen molar-refractivity contribution in [2.45, 2.75) is 25.9 Å². The van der Waals surface area contributed by atoms with E-state index in [4.69, 9.17) is 16.3 Å². The van der Waals surface area contributed by atoms with Crippen LogP contribution in [0.4, 0.5) is 0 Å². The van der Waals surface area contributed by atoms with Crippen molar-refractivity contribution in [1.82, 2.24) is 15.3 Å². The summed E-state index contributed by atoms with van der Waals surface area (Å²) in [6.45, 7) is 4.04. The van der Waals surface area contributed by atoms with Crippen LogP contribution >= 0.6 is 11.6 Å². The highest BCUT2D eigenvalue weighted by Crippen LogP contribution is 2.39. The summed E-state index contributed by atoms with van der Waals surface area (Å²) >= 11 is 6.37. The minimum absolute atomic E-state index is 0.228. The Morgan fingerprint density at radius 3 is 2.80 bits per heavy atom. The van der Waals surface area contributed by atoms with Gasteiger partial charge in [0, 0.05) is 34.6 Å². The first-order chi connectivity index (χ1) is 12.2. The van der Waals surface area contributed by atoms with Crippen molar-refractivity contribution in [1.29, 1.82) is 0 Å². The van der Waals surface area contributed by atoms with E-state index >= 15 is 0 Å². The van der Waals surface area contributed by atoms with Gasteiger partial charge >= 0.3 is 0 Å². The number of nitrogens with zero attached hydrogens (tertiary/aromatic N) is 2. The van der Waals surface area contributed by atoms with Crippen molar-refractivity contribution in [3.8, 4) is 16.9 Å². The maximum Gasteiger partial charge on any atom is 0.130 e. The largest absolute Gasteiger partial charge is 0.489 e. The Labute approximate surface area is 152 Å². The molecular formula is C20H20ClN3O. The van der Waals surface area contributed by atoms with E-state index in [1.165, 1.54) is 0 Å². The lowest BCUT2D eigenvalue weighted by atomic mass is 9.99. The van der Waals surface area contributed by atoms with Gasteiger partial charge in [-0.25, -0.2) is 0 Å². The molecule has 3 aromatic rings. The predicted molar refractivity (Wildman–Crippen MR) is 101 cm³/mol. The second kappa shape index (κ2) is 6.98. The third-order valence-corrected chi connectivity index (χ3v) is 4.86. The molecule has 3 heterocycles. The summed E-state index contributed by atoms with van der Waals surface area (Å²) < 4.78 is 6.44. The van der Waals surface area contributed by atoms with E-state index in [0.29, 0.717) is 5.02 Å². The Morgan fingerprint density at radius 2 is 1.96 bits per heavy atom. The number of halogens is 1. The molecule has 0 amide bonds. The van der Waals surface area contributed by atoms with Gasteiger partial charge in [0.05, 0.1) is 5.52 Å². The number of aromatic nitrogens is 2. The Hall–Kier alpha value is -2.17. The average Bonchev–Trinajstić information content (AvgIpc) is 2.64. The van der Waals surface area contributed by atoms with E-state index in [2.05, 4.69) is 15.3 Å². The van der Waals surface area contributed by atoms with Crippen LogP contribution in [0.3, 0.4) is 0 Å². The zero-order valence-corrected chi connectivity index (χ0v) is 14.9. The van der Waals surface area contributed by atoms with Crippen LogP contribution in [0.2, 0.25) is 5.02 Å². The van der Waals surface area contributed by atoms with Gasteiger partial charge in [0.15, 0.2) is 0 Å². The number of pyridine rings is 2. The molecule has 0 aliphatic carbocycles. The van der Waals surface area contributed by atoms with Gasteiger partial charge < -0.3 is 10.1 Å². The minimum Gasteiger partial charge on any atom is -0.489 e. The molecule has 1 aromatic carbocycles. The first-order valence-electron chi connectivity index (χ1n) is 8.59. The van der Waals surface area contributed by atoms with Crippen molar-refractivity contribution < 1.29 is 4.74 Å². The van der Waals surface area contributed by atoms with Gasteiger partial charge in [-0.2, -0.15) is 0 Å². The molecule has 128 valence electrons. The maximum absolute atomic E-state index is 6.44. The Morgan fingerprint density at radius 1 is 1.12 bits per heavy atom. The fraction of sp³-hybridized carbons (Fsp3) is 0.300. The summed E-state index contributed by atoms with van der Waals surface area (Å²) in [5.74, 6) is 0.910. The molecule has 1 fully saturated rings. The van der Waals surface area contributed by atoms with Crippen molar-refractivity contribution in [3.63, 3.8) is 0 Å². The van der Waals surface area contributed by atoms with Crippen LogP contribution in [0.25, 0.3) is 22.0 Å². The van der Waals surface area contributed by atoms with Crippen LogP contribution in [-0.2, 0) is 0 Å². The number of piperidine rings is 1. The summed E-state index contributed by atoms with van der Waals surface area (Å²) in [6.07, 6.45) is 7.69. The number of ether oxygens (including phenoxy) is 1. The van der Waals surface area contributed by atoms with E-state index < -0.39 is 0 Å². The van der Waals surface area contributed by atoms with Crippen LogP contribution in [0, 0.1) is 6.92 Å². The highest BCUT2D eigenvalue weighted by Gasteiger charge is 2.20. The van der Waals surface area contributed by atoms with Crippen LogP contribution in [0.5, 0.6) is 5.75 Å². The Bertz CT molecular complexity index is 901. The van der Waals surface area contributed by atoms with E-state index in [0.717, 1.165) is 59.3 Å². The van der Waals surface area contributed by atoms with Crippen LogP contribution < -0.4 is 10.1 Å². The monoisotopic (exact) mass is 353 g/mol. The SMILES string of the molecule is Cc1cc(Cl)cc(-c2ccnc3ccncc23)c1OC1CCNCC1. The second-order valence-corrected chi connectivity index (χ2v) is 6.85. The first kappa shape index (κ1) is 16.3. The van der Waals surface area contributed by atoms with Crippen LogP contribution in [-0.4, -0.2) is 29.2 Å². The molecular weight excluding hydrogens is 334 g/mol. The lowest BCUT2D eigenvalue weighted by Crippen LogP contribution is -2.34. The highest BCUT2D eigenvalue weighted by atomic mass is 35.5. The summed E-state index contributed by atoms with van der Waals surface area (Å²) in [5, 5.41) is 5.09. The molecule has 0 saturated carbocycles. The van der Waals surface area contributed by atoms with Crippen molar-refractivity contribution in [2.75, 3.05) is 13.1 Å². The van der Waals surface area contributed by atoms with Crippen molar-refractivity contribution in [2.24, 2.45) is 0 Å². The van der Waals surface area contributed by atoms with Gasteiger partial charge in [-0.3, -0.25) is 9.97 Å². The lowest BCUT2D eigenvalue weighted by Gasteiger charge is -2.26. The second-order valence-electron chi connectivity index (χ2n) is 6.42. The predicted octanol–water partition coefficient (Wildman–Crippen LogP) is 4.39. The standard InChI is InChI=1S/C20H20ClN3O/c1-13-10-14(21)11-17(20(13)25-15-2-6-22-7-3-15)16-4-9-24-19-5-8-23-12-18(16)19/h4-5,8-12,15,22H,2-3,6-7H2,1H3. The number of nitrogens with one attached hydrogen (secondary N) is 1. The zero-order chi connectivity index (χ0) is 17.2. The van der Waals surface area contributed by atoms with Gasteiger partial charge in [-0.1, -0.05) is 11.6 Å². The fourth-order valence-corrected chi connectivity index (χ4v) is 3.66. The van der Waals surface area contributed by atoms with Crippen molar-refractivity contribution in [3.05, 3.63) is 53.4 Å². The molecule has 0 unspecified atom stereocenters. The van der Waals surface area contributed by atoms with E-state index in [1.54, 1.807) is 6.20 Å². The average molecular weight is 354 g/mol. The summed E-state index contributed by atoms with van der Waals surface area (Å²) in [4.78, 5) is 8.70. The molecule has 0 bridgehead atoms. The Kier molecular flexibility index (Phi) is 4.55. The molecule has 0 radical (unpaired) electrons. The normalized spacial score (nSPS) is 15.4. The fourth-order valence-electron chi connectivity index (χ4n) is 3.39. The maximum atomic E-state index is 6.44. The molecule has 4 rings (SSSR count). The molecule has 1 aliphatic rings. The van der Waals surface area contributed by atoms with Crippen LogP contribution in [0.15, 0.2) is 42.9 Å². The molecule has 4 nitrogen and oxygen atoms in total. The first-order valence-corrected chi connectivity index (χ1v) is 8.97.